The van der Waals surface area contributed by atoms with Crippen molar-refractivity contribution in [1.29, 1.82) is 0 Å². The van der Waals surface area contributed by atoms with E-state index in [9.17, 15) is 0 Å². The van der Waals surface area contributed by atoms with Crippen LogP contribution < -0.4 is 0 Å². The number of hydrogen-bond donors (Lipinski definition) is 0. The molecule has 0 aliphatic rings. The standard InChI is InChI=1S/C63H39N/c1-4-20-48-40(15-1)18-13-29-51(48)46-38-62(64-63(39-46)59-30-14-19-41-16-2-5-21-49(41)59)47-34-44(33-45(35-47)60-37-43-17-3-6-22-50(43)52-23-7-11-27-56(52)60)42-31-32-58-55-26-9-8-24-53(55)54-25-10-12-28-57(54)61(58)36-42/h1-39H. The molecule has 0 saturated carbocycles. The Bertz CT molecular complexity index is 3880. The molecule has 1 heteroatoms. The lowest BCUT2D eigenvalue weighted by molar-refractivity contribution is 1.33. The van der Waals surface area contributed by atoms with E-state index in [0.29, 0.717) is 0 Å². The fourth-order valence-electron chi connectivity index (χ4n) is 10.4. The van der Waals surface area contributed by atoms with Crippen LogP contribution in [0.4, 0.5) is 0 Å². The van der Waals surface area contributed by atoms with Crippen LogP contribution in [-0.2, 0) is 0 Å². The van der Waals surface area contributed by atoms with Crippen molar-refractivity contribution in [3.8, 4) is 55.9 Å². The lowest BCUT2D eigenvalue weighted by Crippen LogP contribution is -1.94. The highest BCUT2D eigenvalue weighted by molar-refractivity contribution is 6.26. The minimum Gasteiger partial charge on any atom is -0.248 e. The first-order valence-corrected chi connectivity index (χ1v) is 22.1. The molecule has 0 atom stereocenters. The van der Waals surface area contributed by atoms with Gasteiger partial charge in [0.25, 0.3) is 0 Å². The summed E-state index contributed by atoms with van der Waals surface area (Å²) in [6, 6.07) is 86.9. The van der Waals surface area contributed by atoms with Gasteiger partial charge >= 0.3 is 0 Å². The Morgan fingerprint density at radius 3 is 1.30 bits per heavy atom. The number of nitrogens with zero attached hydrogens (tertiary/aromatic N) is 1. The molecule has 64 heavy (non-hydrogen) atoms. The van der Waals surface area contributed by atoms with Crippen LogP contribution in [0.25, 0.3) is 131 Å². The van der Waals surface area contributed by atoms with Gasteiger partial charge in [-0.25, -0.2) is 4.98 Å². The third-order valence-corrected chi connectivity index (χ3v) is 13.4. The minimum atomic E-state index is 0.929. The van der Waals surface area contributed by atoms with Gasteiger partial charge in [-0.15, -0.1) is 0 Å². The molecule has 0 aliphatic heterocycles. The zero-order valence-electron chi connectivity index (χ0n) is 35.0. The van der Waals surface area contributed by atoms with E-state index in [4.69, 9.17) is 4.98 Å². The SMILES string of the molecule is c1ccc2c(-c3cc(-c4cc(-c5ccc6c7ccccc7c7ccccc7c6c5)cc(-c5cc6ccccc6c6ccccc56)c4)nc(-c4cccc5ccccc45)c3)cccc2c1. The molecule has 0 aliphatic carbocycles. The Hall–Kier alpha value is -8.39. The monoisotopic (exact) mass is 809 g/mol. The molecule has 0 saturated heterocycles. The number of rotatable bonds is 5. The maximum atomic E-state index is 5.64. The quantitative estimate of drug-likeness (QED) is 0.158. The second-order valence-corrected chi connectivity index (χ2v) is 17.0. The highest BCUT2D eigenvalue weighted by atomic mass is 14.7. The van der Waals surface area contributed by atoms with Crippen molar-refractivity contribution >= 4 is 75.4 Å². The van der Waals surface area contributed by atoms with Crippen LogP contribution in [0.1, 0.15) is 0 Å². The Morgan fingerprint density at radius 1 is 0.188 bits per heavy atom. The van der Waals surface area contributed by atoms with Gasteiger partial charge in [0.15, 0.2) is 0 Å². The molecular weight excluding hydrogens is 771 g/mol. The molecule has 0 spiro atoms. The first-order chi connectivity index (χ1) is 31.7. The Balaban J connectivity index is 1.11. The van der Waals surface area contributed by atoms with Gasteiger partial charge < -0.3 is 0 Å². The summed E-state index contributed by atoms with van der Waals surface area (Å²) in [4.78, 5) is 5.64. The van der Waals surface area contributed by atoms with Crippen molar-refractivity contribution in [1.82, 2.24) is 4.98 Å². The summed E-state index contributed by atoms with van der Waals surface area (Å²) >= 11 is 0. The van der Waals surface area contributed by atoms with Crippen LogP contribution in [-0.4, -0.2) is 4.98 Å². The van der Waals surface area contributed by atoms with E-state index in [1.807, 2.05) is 0 Å². The van der Waals surface area contributed by atoms with Crippen LogP contribution in [0.15, 0.2) is 237 Å². The van der Waals surface area contributed by atoms with Gasteiger partial charge in [-0.05, 0) is 151 Å². The predicted molar refractivity (Wildman–Crippen MR) is 274 cm³/mol. The van der Waals surface area contributed by atoms with E-state index in [0.717, 1.165) is 39.2 Å². The van der Waals surface area contributed by atoms with Crippen LogP contribution in [0, 0.1) is 0 Å². The molecule has 0 radical (unpaired) electrons. The van der Waals surface area contributed by atoms with E-state index in [1.54, 1.807) is 0 Å². The summed E-state index contributed by atoms with van der Waals surface area (Å²) in [7, 11) is 0. The number of benzene rings is 12. The molecule has 1 heterocycles. The molecule has 0 bridgehead atoms. The zero-order valence-corrected chi connectivity index (χ0v) is 35.0. The maximum Gasteiger partial charge on any atom is 0.0721 e. The molecule has 296 valence electrons. The summed E-state index contributed by atoms with van der Waals surface area (Å²) < 4.78 is 0. The highest BCUT2D eigenvalue weighted by Crippen LogP contribution is 2.43. The average Bonchev–Trinajstić information content (AvgIpc) is 3.37. The lowest BCUT2D eigenvalue weighted by Gasteiger charge is -2.17. The smallest absolute Gasteiger partial charge is 0.0721 e. The molecule has 0 amide bonds. The number of hydrogen-bond acceptors (Lipinski definition) is 1. The topological polar surface area (TPSA) is 12.9 Å². The number of fused-ring (bicyclic) bond motifs is 11. The second-order valence-electron chi connectivity index (χ2n) is 17.0. The van der Waals surface area contributed by atoms with Crippen LogP contribution in [0.2, 0.25) is 0 Å². The fraction of sp³-hybridized carbons (Fsp3) is 0. The molecule has 1 nitrogen and oxygen atoms in total. The normalized spacial score (nSPS) is 11.8. The van der Waals surface area contributed by atoms with Crippen molar-refractivity contribution in [3.63, 3.8) is 0 Å². The Kier molecular flexibility index (Phi) is 8.29. The van der Waals surface area contributed by atoms with Crippen molar-refractivity contribution in [2.45, 2.75) is 0 Å². The van der Waals surface area contributed by atoms with Gasteiger partial charge in [0.05, 0.1) is 11.4 Å². The third kappa shape index (κ3) is 5.90. The van der Waals surface area contributed by atoms with E-state index in [2.05, 4.69) is 237 Å². The summed E-state index contributed by atoms with van der Waals surface area (Å²) in [5.74, 6) is 0. The fourth-order valence-corrected chi connectivity index (χ4v) is 10.4. The van der Waals surface area contributed by atoms with Gasteiger partial charge in [0, 0.05) is 11.1 Å². The number of pyridine rings is 1. The highest BCUT2D eigenvalue weighted by Gasteiger charge is 2.18. The van der Waals surface area contributed by atoms with Crippen molar-refractivity contribution in [2.75, 3.05) is 0 Å². The van der Waals surface area contributed by atoms with E-state index < -0.39 is 0 Å². The molecular formula is C63H39N. The molecule has 0 N–H and O–H groups in total. The van der Waals surface area contributed by atoms with Crippen molar-refractivity contribution in [3.05, 3.63) is 237 Å². The van der Waals surface area contributed by atoms with E-state index >= 15 is 0 Å². The average molecular weight is 810 g/mol. The van der Waals surface area contributed by atoms with Crippen molar-refractivity contribution < 1.29 is 0 Å². The predicted octanol–water partition coefficient (Wildman–Crippen LogP) is 17.5. The van der Waals surface area contributed by atoms with E-state index in [1.165, 1.54) is 92.1 Å². The third-order valence-electron chi connectivity index (χ3n) is 13.4. The van der Waals surface area contributed by atoms with Crippen LogP contribution >= 0.6 is 0 Å². The second kappa shape index (κ2) is 14.6. The Morgan fingerprint density at radius 2 is 0.625 bits per heavy atom. The summed E-state index contributed by atoms with van der Waals surface area (Å²) in [6.07, 6.45) is 0. The molecule has 13 rings (SSSR count). The maximum absolute atomic E-state index is 5.64. The first-order valence-electron chi connectivity index (χ1n) is 22.1. The largest absolute Gasteiger partial charge is 0.248 e. The summed E-state index contributed by atoms with van der Waals surface area (Å²) in [5.41, 5.74) is 11.1. The molecule has 0 fully saturated rings. The van der Waals surface area contributed by atoms with Gasteiger partial charge in [-0.2, -0.15) is 0 Å². The minimum absolute atomic E-state index is 0.929. The van der Waals surface area contributed by atoms with Gasteiger partial charge in [-0.3, -0.25) is 0 Å². The van der Waals surface area contributed by atoms with Crippen LogP contribution in [0.3, 0.4) is 0 Å². The number of aromatic nitrogens is 1. The molecule has 1 aromatic heterocycles. The summed E-state index contributed by atoms with van der Waals surface area (Å²) in [5, 5.41) is 17.4. The Labute approximate surface area is 371 Å². The van der Waals surface area contributed by atoms with Gasteiger partial charge in [0.2, 0.25) is 0 Å². The molecule has 12 aromatic carbocycles. The summed E-state index contributed by atoms with van der Waals surface area (Å²) in [6.45, 7) is 0. The molecule has 13 aromatic rings. The van der Waals surface area contributed by atoms with Gasteiger partial charge in [-0.1, -0.05) is 194 Å². The van der Waals surface area contributed by atoms with Gasteiger partial charge in [0.1, 0.15) is 0 Å². The first kappa shape index (κ1) is 36.3. The lowest BCUT2D eigenvalue weighted by atomic mass is 9.88. The zero-order chi connectivity index (χ0) is 42.1. The van der Waals surface area contributed by atoms with Crippen LogP contribution in [0.5, 0.6) is 0 Å². The van der Waals surface area contributed by atoms with E-state index in [-0.39, 0.29) is 0 Å². The van der Waals surface area contributed by atoms with Crippen molar-refractivity contribution in [2.24, 2.45) is 0 Å². The molecule has 0 unspecified atom stereocenters.